The molecule has 0 unspecified atom stereocenters. The third-order valence-corrected chi connectivity index (χ3v) is 8.86. The van der Waals surface area contributed by atoms with Gasteiger partial charge in [0.05, 0.1) is 5.69 Å². The Balaban J connectivity index is 1.65. The van der Waals surface area contributed by atoms with E-state index in [-0.39, 0.29) is 22.6 Å². The van der Waals surface area contributed by atoms with Crippen LogP contribution < -0.4 is 5.32 Å². The van der Waals surface area contributed by atoms with Crippen LogP contribution in [0, 0.1) is 0 Å². The molecule has 0 amide bonds. The average molecular weight is 491 g/mol. The van der Waals surface area contributed by atoms with Crippen molar-refractivity contribution in [1.82, 2.24) is 4.31 Å². The number of nitrogens with one attached hydrogen (secondary N) is 1. The number of carbonyl (C=O) groups excluding carboxylic acids is 2. The van der Waals surface area contributed by atoms with Crippen molar-refractivity contribution in [3.63, 3.8) is 0 Å². The SMILES string of the molecule is CC1(C)OC(=O)C(=CNc2ccccc2S(=O)(=O)N(C2CCCCC2)C2CCCCC2)C(=O)O1. The summed E-state index contributed by atoms with van der Waals surface area (Å²) < 4.78 is 40.2. The summed E-state index contributed by atoms with van der Waals surface area (Å²) in [7, 11) is -3.82. The lowest BCUT2D eigenvalue weighted by atomic mass is 9.91. The molecule has 1 aromatic rings. The number of ether oxygens (including phenoxy) is 2. The van der Waals surface area contributed by atoms with Gasteiger partial charge in [-0.05, 0) is 37.8 Å². The third kappa shape index (κ3) is 5.30. The van der Waals surface area contributed by atoms with E-state index in [4.69, 9.17) is 9.47 Å². The molecule has 0 radical (unpaired) electrons. The first kappa shape index (κ1) is 24.7. The van der Waals surface area contributed by atoms with Crippen molar-refractivity contribution in [2.24, 2.45) is 0 Å². The molecule has 0 atom stereocenters. The number of cyclic esters (lactones) is 2. The van der Waals surface area contributed by atoms with Crippen LogP contribution in [0.25, 0.3) is 0 Å². The second-order valence-electron chi connectivity index (χ2n) is 9.80. The first-order valence-corrected chi connectivity index (χ1v) is 13.7. The van der Waals surface area contributed by atoms with Gasteiger partial charge in [-0.3, -0.25) is 0 Å². The smallest absolute Gasteiger partial charge is 0.350 e. The molecule has 186 valence electrons. The molecule has 1 saturated heterocycles. The van der Waals surface area contributed by atoms with E-state index >= 15 is 0 Å². The fourth-order valence-electron chi connectivity index (χ4n) is 5.21. The van der Waals surface area contributed by atoms with Crippen molar-refractivity contribution in [3.8, 4) is 0 Å². The highest BCUT2D eigenvalue weighted by Crippen LogP contribution is 2.36. The number of carbonyl (C=O) groups is 2. The molecule has 1 heterocycles. The van der Waals surface area contributed by atoms with E-state index < -0.39 is 27.7 Å². The van der Waals surface area contributed by atoms with Crippen molar-refractivity contribution in [2.75, 3.05) is 5.32 Å². The van der Waals surface area contributed by atoms with Crippen LogP contribution in [0.5, 0.6) is 0 Å². The molecule has 9 heteroatoms. The quantitative estimate of drug-likeness (QED) is 0.356. The van der Waals surface area contributed by atoms with Gasteiger partial charge in [0.1, 0.15) is 4.90 Å². The van der Waals surface area contributed by atoms with Gasteiger partial charge in [0.25, 0.3) is 5.79 Å². The number of benzene rings is 1. The highest BCUT2D eigenvalue weighted by Gasteiger charge is 2.40. The van der Waals surface area contributed by atoms with Gasteiger partial charge in [0.2, 0.25) is 10.0 Å². The Morgan fingerprint density at radius 3 is 1.91 bits per heavy atom. The van der Waals surface area contributed by atoms with E-state index in [9.17, 15) is 18.0 Å². The van der Waals surface area contributed by atoms with E-state index in [1.807, 2.05) is 0 Å². The normalized spacial score (nSPS) is 22.3. The Labute approximate surface area is 201 Å². The molecule has 1 aliphatic heterocycles. The number of nitrogens with zero attached hydrogens (tertiary/aromatic N) is 1. The fraction of sp³-hybridized carbons (Fsp3) is 0.600. The van der Waals surface area contributed by atoms with Crippen LogP contribution in [-0.2, 0) is 29.1 Å². The molecule has 2 saturated carbocycles. The molecule has 34 heavy (non-hydrogen) atoms. The molecule has 0 bridgehead atoms. The van der Waals surface area contributed by atoms with Gasteiger partial charge in [0, 0.05) is 32.1 Å². The van der Waals surface area contributed by atoms with E-state index in [1.54, 1.807) is 28.6 Å². The number of hydrogen-bond acceptors (Lipinski definition) is 7. The van der Waals surface area contributed by atoms with Crippen LogP contribution in [-0.4, -0.2) is 42.5 Å². The van der Waals surface area contributed by atoms with Gasteiger partial charge in [-0.1, -0.05) is 50.7 Å². The summed E-state index contributed by atoms with van der Waals surface area (Å²) in [4.78, 5) is 24.7. The minimum atomic E-state index is -3.82. The molecule has 2 aliphatic carbocycles. The molecule has 8 nitrogen and oxygen atoms in total. The predicted molar refractivity (Wildman–Crippen MR) is 127 cm³/mol. The second-order valence-corrected chi connectivity index (χ2v) is 11.6. The van der Waals surface area contributed by atoms with Crippen LogP contribution in [0.3, 0.4) is 0 Å². The van der Waals surface area contributed by atoms with Gasteiger partial charge in [0.15, 0.2) is 5.57 Å². The number of esters is 2. The zero-order chi connectivity index (χ0) is 24.3. The Morgan fingerprint density at radius 2 is 1.38 bits per heavy atom. The van der Waals surface area contributed by atoms with Crippen LogP contribution in [0.15, 0.2) is 40.9 Å². The highest BCUT2D eigenvalue weighted by atomic mass is 32.2. The van der Waals surface area contributed by atoms with Crippen LogP contribution >= 0.6 is 0 Å². The maximum absolute atomic E-state index is 14.1. The Bertz CT molecular complexity index is 1010. The number of para-hydroxylation sites is 1. The van der Waals surface area contributed by atoms with E-state index in [0.29, 0.717) is 5.69 Å². The van der Waals surface area contributed by atoms with Crippen LogP contribution in [0.1, 0.15) is 78.1 Å². The number of sulfonamides is 1. The summed E-state index contributed by atoms with van der Waals surface area (Å²) in [5, 5.41) is 2.87. The Morgan fingerprint density at radius 1 is 0.882 bits per heavy atom. The molecule has 1 N–H and O–H groups in total. The van der Waals surface area contributed by atoms with Gasteiger partial charge in [-0.15, -0.1) is 0 Å². The van der Waals surface area contributed by atoms with Gasteiger partial charge in [-0.25, -0.2) is 18.0 Å². The van der Waals surface area contributed by atoms with Crippen molar-refractivity contribution in [2.45, 2.75) is 101 Å². The van der Waals surface area contributed by atoms with Gasteiger partial charge < -0.3 is 14.8 Å². The number of rotatable bonds is 6. The average Bonchev–Trinajstić information content (AvgIpc) is 2.79. The first-order chi connectivity index (χ1) is 16.2. The summed E-state index contributed by atoms with van der Waals surface area (Å²) in [6.45, 7) is 2.94. The van der Waals surface area contributed by atoms with Gasteiger partial charge >= 0.3 is 11.9 Å². The summed E-state index contributed by atoms with van der Waals surface area (Å²) in [6.07, 6.45) is 11.1. The molecule has 3 fully saturated rings. The van der Waals surface area contributed by atoms with Gasteiger partial charge in [-0.2, -0.15) is 4.31 Å². The number of anilines is 1. The van der Waals surface area contributed by atoms with E-state index in [1.165, 1.54) is 20.0 Å². The van der Waals surface area contributed by atoms with Crippen LogP contribution in [0.4, 0.5) is 5.69 Å². The summed E-state index contributed by atoms with van der Waals surface area (Å²) in [5.41, 5.74) is -0.0139. The zero-order valence-corrected chi connectivity index (χ0v) is 20.7. The summed E-state index contributed by atoms with van der Waals surface area (Å²) in [5.74, 6) is -2.98. The predicted octanol–water partition coefficient (Wildman–Crippen LogP) is 4.47. The Kier molecular flexibility index (Phi) is 7.33. The van der Waals surface area contributed by atoms with Crippen molar-refractivity contribution >= 4 is 27.6 Å². The molecule has 0 spiro atoms. The monoisotopic (exact) mass is 490 g/mol. The van der Waals surface area contributed by atoms with Crippen molar-refractivity contribution in [1.29, 1.82) is 0 Å². The molecule has 4 rings (SSSR count). The summed E-state index contributed by atoms with van der Waals surface area (Å²) in [6, 6.07) is 6.61. The molecule has 3 aliphatic rings. The maximum atomic E-state index is 14.1. The lowest BCUT2D eigenvalue weighted by Crippen LogP contribution is -2.48. The van der Waals surface area contributed by atoms with E-state index in [2.05, 4.69) is 5.32 Å². The lowest BCUT2D eigenvalue weighted by Gasteiger charge is -2.40. The topological polar surface area (TPSA) is 102 Å². The standard InChI is InChI=1S/C25H34N2O6S/c1-25(2)32-23(28)20(24(29)33-25)17-26-21-15-9-10-16-22(21)34(30,31)27(18-11-5-3-6-12-18)19-13-7-4-8-14-19/h9-10,15-19,26H,3-8,11-14H2,1-2H3. The van der Waals surface area contributed by atoms with Crippen molar-refractivity contribution in [3.05, 3.63) is 36.0 Å². The molecular formula is C25H34N2O6S. The van der Waals surface area contributed by atoms with E-state index in [0.717, 1.165) is 64.2 Å². The largest absolute Gasteiger partial charge is 0.419 e. The minimum Gasteiger partial charge on any atom is -0.419 e. The molecular weight excluding hydrogens is 456 g/mol. The first-order valence-electron chi connectivity index (χ1n) is 12.2. The highest BCUT2D eigenvalue weighted by molar-refractivity contribution is 7.89. The maximum Gasteiger partial charge on any atom is 0.350 e. The minimum absolute atomic E-state index is 0.00112. The fourth-order valence-corrected chi connectivity index (χ4v) is 7.30. The van der Waals surface area contributed by atoms with Crippen molar-refractivity contribution < 1.29 is 27.5 Å². The second kappa shape index (κ2) is 10.1. The lowest BCUT2D eigenvalue weighted by molar-refractivity contribution is -0.222. The zero-order valence-electron chi connectivity index (χ0n) is 19.9. The van der Waals surface area contributed by atoms with Crippen LogP contribution in [0.2, 0.25) is 0 Å². The Hall–Kier alpha value is -2.39. The molecule has 1 aromatic carbocycles. The summed E-state index contributed by atoms with van der Waals surface area (Å²) >= 11 is 0. The third-order valence-electron chi connectivity index (χ3n) is 6.80. The molecule has 0 aromatic heterocycles. The number of hydrogen-bond donors (Lipinski definition) is 1.